The number of aromatic nitrogens is 6. The molecule has 0 saturated carbocycles. The number of fused-ring (bicyclic) bond motifs is 11. The molecule has 2 aliphatic heterocycles. The zero-order valence-corrected chi connectivity index (χ0v) is 69.5. The van der Waals surface area contributed by atoms with Crippen LogP contribution in [0.3, 0.4) is 0 Å². The lowest BCUT2D eigenvalue weighted by Gasteiger charge is -2.26. The number of aliphatic hydroxyl groups excluding tert-OH is 1. The molecule has 0 aliphatic carbocycles. The summed E-state index contributed by atoms with van der Waals surface area (Å²) in [4.78, 5) is 44.0. The number of carbonyl (C=O) groups excluding carboxylic acids is 1. The van der Waals surface area contributed by atoms with Crippen molar-refractivity contribution in [1.82, 2.24) is 29.9 Å². The van der Waals surface area contributed by atoms with Crippen molar-refractivity contribution in [2.75, 3.05) is 52.9 Å². The van der Waals surface area contributed by atoms with Gasteiger partial charge >= 0.3 is 5.97 Å². The quantitative estimate of drug-likeness (QED) is 0.0378. The Kier molecular flexibility index (Phi) is 22.1. The number of esters is 1. The van der Waals surface area contributed by atoms with Crippen molar-refractivity contribution in [3.05, 3.63) is 250 Å². The minimum atomic E-state index is -0.455. The van der Waals surface area contributed by atoms with Crippen molar-refractivity contribution in [1.29, 1.82) is 0 Å². The fraction of sp³-hybridized carbons (Fsp3) is 0.317. The van der Waals surface area contributed by atoms with Crippen LogP contribution in [0.2, 0.25) is 0 Å². The summed E-state index contributed by atoms with van der Waals surface area (Å²) in [6.45, 7) is 43.2. The van der Waals surface area contributed by atoms with Gasteiger partial charge < -0.3 is 38.8 Å². The first-order valence-electron chi connectivity index (χ1n) is 40.0. The second-order valence-electron chi connectivity index (χ2n) is 36.4. The van der Waals surface area contributed by atoms with E-state index >= 15 is 0 Å². The number of nitrogens with zero attached hydrogens (tertiary/aromatic N) is 4. The van der Waals surface area contributed by atoms with Gasteiger partial charge in [0.1, 0.15) is 31.3 Å². The predicted molar refractivity (Wildman–Crippen MR) is 471 cm³/mol. The fourth-order valence-electron chi connectivity index (χ4n) is 14.6. The van der Waals surface area contributed by atoms with Gasteiger partial charge in [0.05, 0.1) is 83.8 Å². The fourth-order valence-corrected chi connectivity index (χ4v) is 14.6. The zero-order chi connectivity index (χ0) is 80.8. The normalized spacial score (nSPS) is 12.8. The monoisotopic (exact) mass is 1520 g/mol. The molecule has 0 atom stereocenters. The van der Waals surface area contributed by atoms with Gasteiger partial charge in [-0.1, -0.05) is 216 Å². The second-order valence-corrected chi connectivity index (χ2v) is 36.4. The van der Waals surface area contributed by atoms with Crippen LogP contribution >= 0.6 is 0 Å². The lowest BCUT2D eigenvalue weighted by Crippen LogP contribution is -2.16. The number of pyridine rings is 2. The van der Waals surface area contributed by atoms with E-state index in [9.17, 15) is 4.79 Å². The molecule has 584 valence electrons. The number of ether oxygens (including phenoxy) is 5. The molecule has 7 heterocycles. The number of H-pyrrole nitrogens is 2. The highest BCUT2D eigenvalue weighted by atomic mass is 16.6. The van der Waals surface area contributed by atoms with Gasteiger partial charge in [0.15, 0.2) is 0 Å². The van der Waals surface area contributed by atoms with Gasteiger partial charge in [-0.2, -0.15) is 0 Å². The average molecular weight is 1520 g/mol. The number of hydrogen-bond acceptors (Lipinski definition) is 11. The lowest BCUT2D eigenvalue weighted by molar-refractivity contribution is 0.0273. The molecule has 2 aliphatic rings. The van der Waals surface area contributed by atoms with Crippen LogP contribution in [-0.2, 0) is 46.7 Å². The first-order valence-corrected chi connectivity index (χ1v) is 40.0. The molecule has 0 radical (unpaired) electrons. The van der Waals surface area contributed by atoms with E-state index in [1.54, 1.807) is 0 Å². The molecule has 8 bridgehead atoms. The lowest BCUT2D eigenvalue weighted by atomic mass is 9.78. The molecule has 14 rings (SSSR count). The number of hydrogen-bond donors (Lipinski definition) is 3. The largest absolute Gasteiger partial charge is 0.491 e. The van der Waals surface area contributed by atoms with Crippen molar-refractivity contribution in [2.45, 2.75) is 157 Å². The summed E-state index contributed by atoms with van der Waals surface area (Å²) >= 11 is 0. The van der Waals surface area contributed by atoms with Crippen LogP contribution in [-0.4, -0.2) is 93.8 Å². The minimum absolute atomic E-state index is 0.0151. The van der Waals surface area contributed by atoms with Gasteiger partial charge in [-0.3, -0.25) is 0 Å². The van der Waals surface area contributed by atoms with Crippen LogP contribution in [0.25, 0.3) is 135 Å². The van der Waals surface area contributed by atoms with Crippen molar-refractivity contribution >= 4 is 74.1 Å². The highest BCUT2D eigenvalue weighted by molar-refractivity contribution is 6.05. The van der Waals surface area contributed by atoms with E-state index in [-0.39, 0.29) is 58.9 Å². The van der Waals surface area contributed by atoms with E-state index in [0.717, 1.165) is 139 Å². The molecule has 0 saturated heterocycles. The molecule has 0 unspecified atom stereocenters. The summed E-state index contributed by atoms with van der Waals surface area (Å²) in [5.41, 5.74) is 27.0. The van der Waals surface area contributed by atoms with Crippen LogP contribution in [0.4, 0.5) is 0 Å². The molecule has 0 amide bonds. The van der Waals surface area contributed by atoms with Crippen molar-refractivity contribution in [3.63, 3.8) is 0 Å². The maximum absolute atomic E-state index is 14.0. The summed E-state index contributed by atoms with van der Waals surface area (Å²) in [6, 6.07) is 65.9. The summed E-state index contributed by atoms with van der Waals surface area (Å²) in [6.07, 6.45) is 8.71. The van der Waals surface area contributed by atoms with Gasteiger partial charge in [0.2, 0.25) is 0 Å². The zero-order valence-electron chi connectivity index (χ0n) is 69.5. The molecule has 12 aromatic rings. The van der Waals surface area contributed by atoms with Crippen molar-refractivity contribution in [2.24, 2.45) is 0 Å². The number of rotatable bonds is 20. The predicted octanol–water partition coefficient (Wildman–Crippen LogP) is 24.2. The van der Waals surface area contributed by atoms with E-state index in [2.05, 4.69) is 262 Å². The van der Waals surface area contributed by atoms with E-state index in [1.807, 2.05) is 84.9 Å². The number of benzene rings is 7. The van der Waals surface area contributed by atoms with Gasteiger partial charge in [-0.15, -0.1) is 0 Å². The van der Waals surface area contributed by atoms with Gasteiger partial charge in [-0.25, -0.2) is 24.7 Å². The maximum atomic E-state index is 14.0. The third-order valence-electron chi connectivity index (χ3n) is 21.5. The Balaban J connectivity index is 0.764. The van der Waals surface area contributed by atoms with Crippen LogP contribution in [0.5, 0.6) is 11.5 Å². The third-order valence-corrected chi connectivity index (χ3v) is 21.5. The van der Waals surface area contributed by atoms with Crippen LogP contribution < -0.4 is 9.47 Å². The number of aliphatic hydroxyl groups is 1. The Morgan fingerprint density at radius 3 is 0.939 bits per heavy atom. The molecule has 114 heavy (non-hydrogen) atoms. The van der Waals surface area contributed by atoms with E-state index < -0.39 is 5.97 Å². The molecule has 0 fully saturated rings. The van der Waals surface area contributed by atoms with Crippen molar-refractivity contribution in [3.8, 4) is 78.5 Å². The third kappa shape index (κ3) is 17.6. The number of carbonyl (C=O) groups is 1. The van der Waals surface area contributed by atoms with E-state index in [1.165, 1.54) is 33.4 Å². The summed E-state index contributed by atoms with van der Waals surface area (Å²) in [5, 5.41) is 11.0. The molecule has 13 nitrogen and oxygen atoms in total. The second kappa shape index (κ2) is 31.7. The SMILES string of the molecule is CC(C)(C)c1cc(-c2c3nc(c(-c4cc(C(C)(C)C)cc(C(C)(C)C)c4)c4ccc([nH]4)c(-c4cc(C(C)(C)C)cc(C(C)(C)C)c4)c4nc(c(-c5ccc(C(=O)OCCOCCOc6ccc(-c7ccc8ccc9ccc(-c%10ccc(OCCOCCO)cc%10)nc9c8n7)cc6)cc5)c5ccc2[nH]5)C=C4)C=C3)cc(C(C)(C)C)c1. The topological polar surface area (TPSA) is 167 Å². The van der Waals surface area contributed by atoms with Crippen LogP contribution in [0.15, 0.2) is 188 Å². The molecule has 0 spiro atoms. The Morgan fingerprint density at radius 1 is 0.316 bits per heavy atom. The Morgan fingerprint density at radius 2 is 0.614 bits per heavy atom. The van der Waals surface area contributed by atoms with Crippen LogP contribution in [0, 0.1) is 0 Å². The van der Waals surface area contributed by atoms with Gasteiger partial charge in [0.25, 0.3) is 0 Å². The highest BCUT2D eigenvalue weighted by Crippen LogP contribution is 2.45. The van der Waals surface area contributed by atoms with Crippen molar-refractivity contribution < 1.29 is 33.6 Å². The molecule has 7 aromatic carbocycles. The average Bonchev–Trinajstić information content (AvgIpc) is 1.52. The van der Waals surface area contributed by atoms with E-state index in [0.29, 0.717) is 37.7 Å². The Bertz CT molecular complexity index is 5690. The number of nitrogens with one attached hydrogen (secondary N) is 2. The molecule has 3 N–H and O–H groups in total. The summed E-state index contributed by atoms with van der Waals surface area (Å²) in [7, 11) is 0. The van der Waals surface area contributed by atoms with Crippen LogP contribution in [0.1, 0.15) is 191 Å². The molecular formula is C101H108N6O7. The maximum Gasteiger partial charge on any atom is 0.338 e. The number of aromatic amines is 2. The molecule has 5 aromatic heterocycles. The Labute approximate surface area is 672 Å². The molecule has 13 heteroatoms. The highest BCUT2D eigenvalue weighted by Gasteiger charge is 2.29. The van der Waals surface area contributed by atoms with Gasteiger partial charge in [0, 0.05) is 66.2 Å². The standard InChI is InChI=1S/C101H108N6O7/c1-96(2,3)71-53-68(54-72(59-71)97(4,5)6)90-83-39-37-81(102-83)89(82-38-40-84(103-82)91(69-55-73(98(7,8)9)60-74(56-69)99(10,11)12)86-42-44-88(105-86)92(87-43-41-85(90)104-87)70-57-75(100(13,14)15)61-76(58-70)101(16,17)18)64-19-23-67(24-20-64)95(109)114-52-49-111-48-51-113-78-33-27-63(28-34-78)80-36-30-66-22-21-65-29-35-79(106-93(65)94(66)107-80)62-25-31-77(32-26-62)112-50-47-110-46-45-108/h19-44,53-61,102,105,108H,45-52H2,1-18H3. The minimum Gasteiger partial charge on any atom is -0.491 e. The molecular weight excluding hydrogens is 1410 g/mol. The Hall–Kier alpha value is -11.1. The summed E-state index contributed by atoms with van der Waals surface area (Å²) in [5.74, 6) is 0.969. The first kappa shape index (κ1) is 79.6. The van der Waals surface area contributed by atoms with Gasteiger partial charge in [-0.05, 0) is 209 Å². The summed E-state index contributed by atoms with van der Waals surface area (Å²) < 4.78 is 29.1. The first-order chi connectivity index (χ1) is 54.1. The smallest absolute Gasteiger partial charge is 0.338 e. The van der Waals surface area contributed by atoms with E-state index in [4.69, 9.17) is 48.7 Å².